The Kier molecular flexibility index (Phi) is 8.12. The van der Waals surface area contributed by atoms with Crippen molar-refractivity contribution in [3.05, 3.63) is 23.8 Å². The molecule has 0 saturated heterocycles. The van der Waals surface area contributed by atoms with Crippen LogP contribution in [-0.2, 0) is 0 Å². The highest BCUT2D eigenvalue weighted by Crippen LogP contribution is 2.36. The molecule has 0 aromatic heterocycles. The van der Waals surface area contributed by atoms with Gasteiger partial charge in [0.15, 0.2) is 0 Å². The van der Waals surface area contributed by atoms with Crippen LogP contribution in [0, 0.1) is 0 Å². The van der Waals surface area contributed by atoms with Crippen molar-refractivity contribution in [3.8, 4) is 11.5 Å². The summed E-state index contributed by atoms with van der Waals surface area (Å²) in [5, 5.41) is 3.63. The van der Waals surface area contributed by atoms with Crippen molar-refractivity contribution in [3.63, 3.8) is 0 Å². The minimum Gasteiger partial charge on any atom is -0.496 e. The third-order valence-corrected chi connectivity index (χ3v) is 3.55. The normalized spacial score (nSPS) is 12.2. The van der Waals surface area contributed by atoms with E-state index in [2.05, 4.69) is 19.2 Å². The number of hydrogen-bond acceptors (Lipinski definition) is 3. The van der Waals surface area contributed by atoms with Crippen LogP contribution in [0.4, 0.5) is 0 Å². The number of benzene rings is 1. The van der Waals surface area contributed by atoms with E-state index in [-0.39, 0.29) is 0 Å². The summed E-state index contributed by atoms with van der Waals surface area (Å²) in [6.07, 6.45) is 5.97. The van der Waals surface area contributed by atoms with E-state index in [1.54, 1.807) is 14.2 Å². The van der Waals surface area contributed by atoms with E-state index in [4.69, 9.17) is 9.47 Å². The van der Waals surface area contributed by atoms with Crippen molar-refractivity contribution >= 4 is 0 Å². The van der Waals surface area contributed by atoms with Gasteiger partial charge in [-0.25, -0.2) is 0 Å². The molecule has 0 fully saturated rings. The fourth-order valence-corrected chi connectivity index (χ4v) is 2.49. The van der Waals surface area contributed by atoms with Gasteiger partial charge in [0.1, 0.15) is 11.5 Å². The van der Waals surface area contributed by atoms with Crippen LogP contribution >= 0.6 is 0 Å². The summed E-state index contributed by atoms with van der Waals surface area (Å²) in [4.78, 5) is 0. The van der Waals surface area contributed by atoms with Crippen LogP contribution in [0.25, 0.3) is 0 Å². The zero-order valence-electron chi connectivity index (χ0n) is 13.4. The quantitative estimate of drug-likeness (QED) is 0.647. The number of hydrogen-bond donors (Lipinski definition) is 1. The first kappa shape index (κ1) is 16.8. The monoisotopic (exact) mass is 279 g/mol. The zero-order valence-corrected chi connectivity index (χ0v) is 13.4. The molecule has 0 spiro atoms. The fourth-order valence-electron chi connectivity index (χ4n) is 2.49. The van der Waals surface area contributed by atoms with Crippen molar-refractivity contribution in [2.24, 2.45) is 0 Å². The van der Waals surface area contributed by atoms with Crippen molar-refractivity contribution in [1.82, 2.24) is 5.32 Å². The molecule has 0 bridgehead atoms. The lowest BCUT2D eigenvalue weighted by atomic mass is 9.98. The Morgan fingerprint density at radius 1 is 1.00 bits per heavy atom. The Labute approximate surface area is 123 Å². The van der Waals surface area contributed by atoms with Crippen molar-refractivity contribution in [1.29, 1.82) is 0 Å². The number of methoxy groups -OCH3 is 2. The van der Waals surface area contributed by atoms with Gasteiger partial charge in [0.05, 0.1) is 19.8 Å². The van der Waals surface area contributed by atoms with E-state index in [9.17, 15) is 0 Å². The van der Waals surface area contributed by atoms with Crippen molar-refractivity contribution < 1.29 is 9.47 Å². The molecule has 0 radical (unpaired) electrons. The van der Waals surface area contributed by atoms with Gasteiger partial charge in [0, 0.05) is 6.04 Å². The molecular formula is C17H29NO2. The highest BCUT2D eigenvalue weighted by molar-refractivity contribution is 5.47. The molecule has 0 saturated carbocycles. The molecular weight excluding hydrogens is 250 g/mol. The summed E-state index contributed by atoms with van der Waals surface area (Å²) in [5.41, 5.74) is 1.15. The Balaban J connectivity index is 2.97. The molecule has 0 heterocycles. The van der Waals surface area contributed by atoms with E-state index in [1.807, 2.05) is 18.2 Å². The molecule has 20 heavy (non-hydrogen) atoms. The molecule has 1 atom stereocenters. The SMILES string of the molecule is CCCCCC(NCCC)c1c(OC)cccc1OC. The molecule has 1 aromatic rings. The first-order valence-corrected chi connectivity index (χ1v) is 7.72. The topological polar surface area (TPSA) is 30.5 Å². The third kappa shape index (κ3) is 4.71. The molecule has 0 aliphatic rings. The highest BCUT2D eigenvalue weighted by atomic mass is 16.5. The second kappa shape index (κ2) is 9.65. The molecule has 1 N–H and O–H groups in total. The molecule has 1 rings (SSSR count). The molecule has 0 aliphatic carbocycles. The van der Waals surface area contributed by atoms with Gasteiger partial charge < -0.3 is 14.8 Å². The van der Waals surface area contributed by atoms with E-state index >= 15 is 0 Å². The first-order chi connectivity index (χ1) is 9.78. The van der Waals surface area contributed by atoms with Gasteiger partial charge in [-0.2, -0.15) is 0 Å². The number of ether oxygens (including phenoxy) is 2. The Morgan fingerprint density at radius 3 is 2.15 bits per heavy atom. The van der Waals surface area contributed by atoms with Crippen molar-refractivity contribution in [2.75, 3.05) is 20.8 Å². The molecule has 1 aromatic carbocycles. The zero-order chi connectivity index (χ0) is 14.8. The van der Waals surface area contributed by atoms with Gasteiger partial charge in [-0.05, 0) is 31.5 Å². The average molecular weight is 279 g/mol. The predicted octanol–water partition coefficient (Wildman–Crippen LogP) is 4.32. The lowest BCUT2D eigenvalue weighted by molar-refractivity contribution is 0.363. The van der Waals surface area contributed by atoms with Crippen LogP contribution in [0.5, 0.6) is 11.5 Å². The van der Waals surface area contributed by atoms with Crippen molar-refractivity contribution in [2.45, 2.75) is 52.0 Å². The lowest BCUT2D eigenvalue weighted by Gasteiger charge is -2.23. The summed E-state index contributed by atoms with van der Waals surface area (Å²) >= 11 is 0. The molecule has 0 aliphatic heterocycles. The Morgan fingerprint density at radius 2 is 1.65 bits per heavy atom. The van der Waals surface area contributed by atoms with E-state index < -0.39 is 0 Å². The largest absolute Gasteiger partial charge is 0.496 e. The predicted molar refractivity (Wildman–Crippen MR) is 84.7 cm³/mol. The van der Waals surface area contributed by atoms with Gasteiger partial charge in [-0.1, -0.05) is 39.2 Å². The number of nitrogens with one attached hydrogen (secondary N) is 1. The molecule has 3 nitrogen and oxygen atoms in total. The summed E-state index contributed by atoms with van der Waals surface area (Å²) in [5.74, 6) is 1.82. The maximum absolute atomic E-state index is 5.54. The second-order valence-electron chi connectivity index (χ2n) is 5.08. The average Bonchev–Trinajstić information content (AvgIpc) is 2.50. The maximum atomic E-state index is 5.54. The van der Waals surface area contributed by atoms with Gasteiger partial charge in [0.25, 0.3) is 0 Å². The second-order valence-corrected chi connectivity index (χ2v) is 5.08. The maximum Gasteiger partial charge on any atom is 0.127 e. The standard InChI is InChI=1S/C17H29NO2/c1-5-7-8-10-14(18-13-6-2)17-15(19-3)11-9-12-16(17)20-4/h9,11-12,14,18H,5-8,10,13H2,1-4H3. The highest BCUT2D eigenvalue weighted by Gasteiger charge is 2.19. The summed E-state index contributed by atoms with van der Waals surface area (Å²) < 4.78 is 11.1. The van der Waals surface area contributed by atoms with Crippen LogP contribution in [0.2, 0.25) is 0 Å². The minimum absolute atomic E-state index is 0.299. The van der Waals surface area contributed by atoms with Gasteiger partial charge in [-0.15, -0.1) is 0 Å². The number of unbranched alkanes of at least 4 members (excludes halogenated alkanes) is 2. The Hall–Kier alpha value is -1.22. The first-order valence-electron chi connectivity index (χ1n) is 7.72. The van der Waals surface area contributed by atoms with Crippen LogP contribution in [0.15, 0.2) is 18.2 Å². The third-order valence-electron chi connectivity index (χ3n) is 3.55. The molecule has 0 amide bonds. The van der Waals surface area contributed by atoms with Crippen LogP contribution < -0.4 is 14.8 Å². The van der Waals surface area contributed by atoms with Crippen LogP contribution in [0.3, 0.4) is 0 Å². The number of rotatable bonds is 10. The van der Waals surface area contributed by atoms with E-state index in [0.29, 0.717) is 6.04 Å². The smallest absolute Gasteiger partial charge is 0.127 e. The van der Waals surface area contributed by atoms with Gasteiger partial charge in [0.2, 0.25) is 0 Å². The Bertz CT molecular complexity index is 357. The van der Waals surface area contributed by atoms with Gasteiger partial charge >= 0.3 is 0 Å². The molecule has 1 unspecified atom stereocenters. The minimum atomic E-state index is 0.299. The van der Waals surface area contributed by atoms with Crippen LogP contribution in [0.1, 0.15) is 57.6 Å². The van der Waals surface area contributed by atoms with Crippen LogP contribution in [-0.4, -0.2) is 20.8 Å². The van der Waals surface area contributed by atoms with E-state index in [1.165, 1.54) is 19.3 Å². The van der Waals surface area contributed by atoms with Gasteiger partial charge in [-0.3, -0.25) is 0 Å². The van der Waals surface area contributed by atoms with E-state index in [0.717, 1.165) is 36.4 Å². The molecule has 3 heteroatoms. The summed E-state index contributed by atoms with van der Waals surface area (Å²) in [6.45, 7) is 5.44. The summed E-state index contributed by atoms with van der Waals surface area (Å²) in [6, 6.07) is 6.30. The summed E-state index contributed by atoms with van der Waals surface area (Å²) in [7, 11) is 3.45. The molecule has 114 valence electrons. The lowest BCUT2D eigenvalue weighted by Crippen LogP contribution is -2.23. The fraction of sp³-hybridized carbons (Fsp3) is 0.647.